The van der Waals surface area contributed by atoms with Crippen LogP contribution in [0.2, 0.25) is 0 Å². The molecular formula is C16H23F2NO. The summed E-state index contributed by atoms with van der Waals surface area (Å²) < 4.78 is 33.2. The molecule has 1 saturated carbocycles. The summed E-state index contributed by atoms with van der Waals surface area (Å²) in [6, 6.07) is 1.79. The van der Waals surface area contributed by atoms with Crippen molar-refractivity contribution in [3.63, 3.8) is 0 Å². The fraction of sp³-hybridized carbons (Fsp3) is 0.625. The molecule has 4 heteroatoms. The zero-order valence-electron chi connectivity index (χ0n) is 12.4. The lowest BCUT2D eigenvalue weighted by Gasteiger charge is -2.42. The van der Waals surface area contributed by atoms with Crippen LogP contribution >= 0.6 is 0 Å². The Morgan fingerprint density at radius 2 is 1.85 bits per heavy atom. The van der Waals surface area contributed by atoms with Crippen molar-refractivity contribution >= 4 is 0 Å². The van der Waals surface area contributed by atoms with Gasteiger partial charge in [0.25, 0.3) is 0 Å². The summed E-state index contributed by atoms with van der Waals surface area (Å²) in [5, 5.41) is 0. The average molecular weight is 283 g/mol. The van der Waals surface area contributed by atoms with E-state index in [0.717, 1.165) is 25.7 Å². The van der Waals surface area contributed by atoms with Gasteiger partial charge in [0, 0.05) is 23.7 Å². The molecule has 2 N–H and O–H groups in total. The van der Waals surface area contributed by atoms with Crippen molar-refractivity contribution < 1.29 is 13.5 Å². The van der Waals surface area contributed by atoms with Gasteiger partial charge in [-0.15, -0.1) is 0 Å². The predicted octanol–water partition coefficient (Wildman–Crippen LogP) is 4.19. The highest BCUT2D eigenvalue weighted by Gasteiger charge is 2.38. The Morgan fingerprint density at radius 1 is 1.25 bits per heavy atom. The smallest absolute Gasteiger partial charge is 0.134 e. The first kappa shape index (κ1) is 15.2. The molecule has 0 radical (unpaired) electrons. The SMILES string of the molecule is COc1cc(F)c(C(N)C2CCCCC2(C)C)c(F)c1. The van der Waals surface area contributed by atoms with E-state index >= 15 is 0 Å². The van der Waals surface area contributed by atoms with Gasteiger partial charge >= 0.3 is 0 Å². The third-order valence-electron chi connectivity index (χ3n) is 4.65. The summed E-state index contributed by atoms with van der Waals surface area (Å²) in [7, 11) is 1.39. The van der Waals surface area contributed by atoms with Crippen LogP contribution in [0.5, 0.6) is 5.75 Å². The van der Waals surface area contributed by atoms with Crippen LogP contribution in [0.3, 0.4) is 0 Å². The van der Waals surface area contributed by atoms with Crippen molar-refractivity contribution in [2.24, 2.45) is 17.1 Å². The van der Waals surface area contributed by atoms with Gasteiger partial charge in [0.05, 0.1) is 7.11 Å². The number of benzene rings is 1. The molecule has 2 atom stereocenters. The Balaban J connectivity index is 2.35. The van der Waals surface area contributed by atoms with Crippen molar-refractivity contribution in [1.82, 2.24) is 0 Å². The topological polar surface area (TPSA) is 35.2 Å². The number of halogens is 2. The van der Waals surface area contributed by atoms with E-state index in [2.05, 4.69) is 13.8 Å². The van der Waals surface area contributed by atoms with Crippen molar-refractivity contribution in [1.29, 1.82) is 0 Å². The number of ether oxygens (including phenoxy) is 1. The molecular weight excluding hydrogens is 260 g/mol. The van der Waals surface area contributed by atoms with Gasteiger partial charge in [-0.2, -0.15) is 0 Å². The van der Waals surface area contributed by atoms with E-state index < -0.39 is 17.7 Å². The number of methoxy groups -OCH3 is 1. The highest BCUT2D eigenvalue weighted by atomic mass is 19.1. The van der Waals surface area contributed by atoms with Crippen LogP contribution in [0, 0.1) is 23.0 Å². The van der Waals surface area contributed by atoms with E-state index in [0.29, 0.717) is 0 Å². The molecule has 112 valence electrons. The van der Waals surface area contributed by atoms with Crippen molar-refractivity contribution in [2.45, 2.75) is 45.6 Å². The van der Waals surface area contributed by atoms with Gasteiger partial charge in [0.2, 0.25) is 0 Å². The zero-order valence-corrected chi connectivity index (χ0v) is 12.4. The molecule has 1 fully saturated rings. The van der Waals surface area contributed by atoms with Crippen LogP contribution in [0.25, 0.3) is 0 Å². The molecule has 0 aromatic heterocycles. The minimum absolute atomic E-state index is 0.00854. The second-order valence-electron chi connectivity index (χ2n) is 6.37. The molecule has 2 nitrogen and oxygen atoms in total. The summed E-state index contributed by atoms with van der Waals surface area (Å²) in [5.41, 5.74) is 6.22. The van der Waals surface area contributed by atoms with E-state index in [-0.39, 0.29) is 22.6 Å². The predicted molar refractivity (Wildman–Crippen MR) is 75.6 cm³/mol. The van der Waals surface area contributed by atoms with Crippen LogP contribution in [0.1, 0.15) is 51.1 Å². The van der Waals surface area contributed by atoms with E-state index in [4.69, 9.17) is 10.5 Å². The maximum atomic E-state index is 14.2. The molecule has 2 rings (SSSR count). The normalized spacial score (nSPS) is 23.4. The van der Waals surface area contributed by atoms with E-state index in [1.54, 1.807) is 0 Å². The molecule has 1 aliphatic carbocycles. The third-order valence-corrected chi connectivity index (χ3v) is 4.65. The van der Waals surface area contributed by atoms with Crippen LogP contribution in [-0.2, 0) is 0 Å². The van der Waals surface area contributed by atoms with Gasteiger partial charge in [0.15, 0.2) is 0 Å². The third kappa shape index (κ3) is 2.80. The van der Waals surface area contributed by atoms with Crippen LogP contribution in [0.15, 0.2) is 12.1 Å². The minimum atomic E-state index is -0.615. The van der Waals surface area contributed by atoms with Crippen LogP contribution < -0.4 is 10.5 Å². The van der Waals surface area contributed by atoms with Gasteiger partial charge in [-0.1, -0.05) is 26.7 Å². The molecule has 0 spiro atoms. The van der Waals surface area contributed by atoms with E-state index in [1.165, 1.54) is 19.2 Å². The monoisotopic (exact) mass is 283 g/mol. The minimum Gasteiger partial charge on any atom is -0.497 e. The average Bonchev–Trinajstić information content (AvgIpc) is 2.36. The number of hydrogen-bond acceptors (Lipinski definition) is 2. The molecule has 1 aliphatic rings. The summed E-state index contributed by atoms with van der Waals surface area (Å²) in [5.74, 6) is -0.959. The van der Waals surface area contributed by atoms with E-state index in [9.17, 15) is 8.78 Å². The highest BCUT2D eigenvalue weighted by molar-refractivity contribution is 5.33. The zero-order chi connectivity index (χ0) is 14.9. The molecule has 1 aromatic carbocycles. The molecule has 0 heterocycles. The first-order chi connectivity index (χ1) is 9.36. The molecule has 0 amide bonds. The standard InChI is InChI=1S/C16H23F2NO/c1-16(2)7-5-4-6-11(16)15(19)14-12(17)8-10(20-3)9-13(14)18/h8-9,11,15H,4-7,19H2,1-3H3. The van der Waals surface area contributed by atoms with Crippen LogP contribution in [0.4, 0.5) is 8.78 Å². The van der Waals surface area contributed by atoms with Crippen molar-refractivity contribution in [3.05, 3.63) is 29.3 Å². The quantitative estimate of drug-likeness (QED) is 0.902. The van der Waals surface area contributed by atoms with Gasteiger partial charge in [-0.3, -0.25) is 0 Å². The highest BCUT2D eigenvalue weighted by Crippen LogP contribution is 2.46. The van der Waals surface area contributed by atoms with Gasteiger partial charge in [-0.25, -0.2) is 8.78 Å². The van der Waals surface area contributed by atoms with Crippen LogP contribution in [-0.4, -0.2) is 7.11 Å². The van der Waals surface area contributed by atoms with E-state index in [1.807, 2.05) is 0 Å². The lowest BCUT2D eigenvalue weighted by Crippen LogP contribution is -2.37. The fourth-order valence-electron chi connectivity index (χ4n) is 3.39. The van der Waals surface area contributed by atoms with Crippen molar-refractivity contribution in [3.8, 4) is 5.75 Å². The Hall–Kier alpha value is -1.16. The lowest BCUT2D eigenvalue weighted by atomic mass is 9.65. The number of hydrogen-bond donors (Lipinski definition) is 1. The Labute approximate surface area is 119 Å². The molecule has 2 unspecified atom stereocenters. The molecule has 20 heavy (non-hydrogen) atoms. The number of nitrogens with two attached hydrogens (primary N) is 1. The maximum Gasteiger partial charge on any atom is 0.134 e. The summed E-state index contributed by atoms with van der Waals surface area (Å²) in [4.78, 5) is 0. The largest absolute Gasteiger partial charge is 0.497 e. The maximum absolute atomic E-state index is 14.2. The fourth-order valence-corrected chi connectivity index (χ4v) is 3.39. The number of rotatable bonds is 3. The molecule has 0 aliphatic heterocycles. The summed E-state index contributed by atoms with van der Waals surface area (Å²) >= 11 is 0. The summed E-state index contributed by atoms with van der Waals surface area (Å²) in [6.45, 7) is 4.27. The van der Waals surface area contributed by atoms with Crippen molar-refractivity contribution in [2.75, 3.05) is 7.11 Å². The lowest BCUT2D eigenvalue weighted by molar-refractivity contribution is 0.110. The van der Waals surface area contributed by atoms with Gasteiger partial charge < -0.3 is 10.5 Å². The van der Waals surface area contributed by atoms with Gasteiger partial charge in [0.1, 0.15) is 17.4 Å². The Morgan fingerprint density at radius 3 is 2.35 bits per heavy atom. The first-order valence-corrected chi connectivity index (χ1v) is 7.15. The Kier molecular flexibility index (Phi) is 4.33. The Bertz CT molecular complexity index is 464. The molecule has 0 bridgehead atoms. The van der Waals surface area contributed by atoms with Gasteiger partial charge in [-0.05, 0) is 24.2 Å². The second kappa shape index (κ2) is 5.68. The second-order valence-corrected chi connectivity index (χ2v) is 6.37. The molecule has 1 aromatic rings. The summed E-state index contributed by atoms with van der Waals surface area (Å²) in [6.07, 6.45) is 4.19. The first-order valence-electron chi connectivity index (χ1n) is 7.15. The molecule has 0 saturated heterocycles.